The van der Waals surface area contributed by atoms with Gasteiger partial charge in [0.05, 0.1) is 49.5 Å². The van der Waals surface area contributed by atoms with Crippen molar-refractivity contribution in [2.75, 3.05) is 40.1 Å². The second-order valence-corrected chi connectivity index (χ2v) is 10.9. The van der Waals surface area contributed by atoms with Crippen molar-refractivity contribution in [3.05, 3.63) is 71.4 Å². The molecule has 1 N–H and O–H groups in total. The molecule has 4 aromatic heterocycles. The smallest absolute Gasteiger partial charge is 0.378 e. The first-order valence-electron chi connectivity index (χ1n) is 12.0. The number of hydrogen-bond donors (Lipinski definition) is 1. The molecule has 4 heterocycles. The maximum Gasteiger partial charge on any atom is 0.432 e. The van der Waals surface area contributed by atoms with Crippen LogP contribution in [0.2, 0.25) is 0 Å². The first kappa shape index (κ1) is 28.1. The highest BCUT2D eigenvalue weighted by Crippen LogP contribution is 2.38. The van der Waals surface area contributed by atoms with Gasteiger partial charge in [0, 0.05) is 37.3 Å². The molecule has 7 nitrogen and oxygen atoms in total. The van der Waals surface area contributed by atoms with Gasteiger partial charge in [-0.05, 0) is 44.2 Å². The van der Waals surface area contributed by atoms with E-state index in [0.717, 1.165) is 17.8 Å². The summed E-state index contributed by atoms with van der Waals surface area (Å²) in [6, 6.07) is 10.3. The molecule has 0 aromatic carbocycles. The van der Waals surface area contributed by atoms with Crippen molar-refractivity contribution in [2.24, 2.45) is 0 Å². The van der Waals surface area contributed by atoms with Gasteiger partial charge in [-0.25, -0.2) is 4.98 Å². The summed E-state index contributed by atoms with van der Waals surface area (Å²) in [6.07, 6.45) is -4.58. The molecule has 0 saturated carbocycles. The van der Waals surface area contributed by atoms with E-state index in [0.29, 0.717) is 21.6 Å². The molecule has 39 heavy (non-hydrogen) atoms. The lowest BCUT2D eigenvalue weighted by atomic mass is 9.83. The highest BCUT2D eigenvalue weighted by molar-refractivity contribution is 5.66. The largest absolute Gasteiger partial charge is 0.432 e. The summed E-state index contributed by atoms with van der Waals surface area (Å²) in [5.74, 6) is -1.94. The van der Waals surface area contributed by atoms with Gasteiger partial charge in [0.1, 0.15) is 17.1 Å². The molecular formula is C27H29F5N7+. The summed E-state index contributed by atoms with van der Waals surface area (Å²) in [5.41, 5.74) is 1.23. The highest BCUT2D eigenvalue weighted by Gasteiger charge is 2.35. The van der Waals surface area contributed by atoms with E-state index in [2.05, 4.69) is 10.1 Å². The number of quaternary nitrogens is 1. The van der Waals surface area contributed by atoms with Crippen molar-refractivity contribution < 1.29 is 22.0 Å². The molecule has 0 radical (unpaired) electrons. The third-order valence-corrected chi connectivity index (χ3v) is 6.43. The lowest BCUT2D eigenvalue weighted by Crippen LogP contribution is -2.35. The fraction of sp³-hybridized carbons (Fsp3) is 0.333. The summed E-state index contributed by atoms with van der Waals surface area (Å²) in [4.78, 5) is 14.5. The van der Waals surface area contributed by atoms with Crippen LogP contribution in [0.25, 0.3) is 22.6 Å². The Morgan fingerprint density at radius 3 is 2.00 bits per heavy atom. The van der Waals surface area contributed by atoms with Crippen molar-refractivity contribution in [3.63, 3.8) is 0 Å². The molecule has 0 aliphatic heterocycles. The molecule has 0 aliphatic rings. The second-order valence-electron chi connectivity index (χ2n) is 10.9. The molecular weight excluding hydrogens is 517 g/mol. The van der Waals surface area contributed by atoms with Crippen LogP contribution in [0, 0.1) is 11.9 Å². The highest BCUT2D eigenvalue weighted by atomic mass is 19.4. The molecule has 0 amide bonds. The first-order chi connectivity index (χ1) is 18.0. The maximum absolute atomic E-state index is 14.6. The number of rotatable bonds is 6. The quantitative estimate of drug-likeness (QED) is 0.188. The van der Waals surface area contributed by atoms with Gasteiger partial charge in [0.25, 0.3) is 0 Å². The summed E-state index contributed by atoms with van der Waals surface area (Å²) in [5, 5.41) is 5.90. The van der Waals surface area contributed by atoms with E-state index in [4.69, 9.17) is 9.97 Å². The standard InChI is InChI=1S/C27H29F5N7/c1-26(2,21-11-15(38(3)4)10-18(33-21)17-8-9-24(28)35-25(17)29)22-13-16(39(5,6)7)12-19(34-22)20-14-23(37-36-20)27(30,31)32/h8-14H,1-7H3,(H,36,37)/q+1. The summed E-state index contributed by atoms with van der Waals surface area (Å²) >= 11 is 0. The fourth-order valence-electron chi connectivity index (χ4n) is 3.92. The molecule has 0 saturated heterocycles. The number of hydrogen-bond acceptors (Lipinski definition) is 5. The zero-order chi connectivity index (χ0) is 28.9. The molecule has 206 valence electrons. The third kappa shape index (κ3) is 5.75. The molecule has 0 bridgehead atoms. The lowest BCUT2D eigenvalue weighted by Gasteiger charge is -2.29. The van der Waals surface area contributed by atoms with E-state index >= 15 is 0 Å². The van der Waals surface area contributed by atoms with Crippen LogP contribution < -0.4 is 9.38 Å². The Hall–Kier alpha value is -3.93. The van der Waals surface area contributed by atoms with Gasteiger partial charge in [0.15, 0.2) is 0 Å². The van der Waals surface area contributed by atoms with E-state index in [1.165, 1.54) is 6.07 Å². The third-order valence-electron chi connectivity index (χ3n) is 6.43. The number of nitrogens with one attached hydrogen (secondary N) is 1. The van der Waals surface area contributed by atoms with Gasteiger partial charge in [0.2, 0.25) is 11.9 Å². The van der Waals surface area contributed by atoms with Crippen LogP contribution in [0.4, 0.5) is 33.3 Å². The van der Waals surface area contributed by atoms with E-state index in [9.17, 15) is 22.0 Å². The van der Waals surface area contributed by atoms with Gasteiger partial charge < -0.3 is 4.90 Å². The minimum Gasteiger partial charge on any atom is -0.378 e. The van der Waals surface area contributed by atoms with Crippen LogP contribution in [0.15, 0.2) is 42.5 Å². The van der Waals surface area contributed by atoms with E-state index in [1.807, 2.05) is 71.2 Å². The molecule has 4 rings (SSSR count). The number of aromatic nitrogens is 5. The Balaban J connectivity index is 1.92. The zero-order valence-corrected chi connectivity index (χ0v) is 22.6. The Kier molecular flexibility index (Phi) is 6.97. The molecule has 0 spiro atoms. The Morgan fingerprint density at radius 2 is 1.44 bits per heavy atom. The molecule has 0 unspecified atom stereocenters. The van der Waals surface area contributed by atoms with Crippen molar-refractivity contribution in [1.29, 1.82) is 0 Å². The average molecular weight is 547 g/mol. The number of anilines is 1. The van der Waals surface area contributed by atoms with Crippen LogP contribution in [0.5, 0.6) is 0 Å². The number of pyridine rings is 3. The second kappa shape index (κ2) is 9.67. The number of alkyl halides is 3. The average Bonchev–Trinajstić information content (AvgIpc) is 3.34. The van der Waals surface area contributed by atoms with Crippen molar-refractivity contribution >= 4 is 11.4 Å². The number of nitrogens with zero attached hydrogens (tertiary/aromatic N) is 6. The van der Waals surface area contributed by atoms with Gasteiger partial charge >= 0.3 is 6.18 Å². The predicted octanol–water partition coefficient (Wildman–Crippen LogP) is 5.81. The monoisotopic (exact) mass is 546 g/mol. The minimum atomic E-state index is -4.58. The van der Waals surface area contributed by atoms with E-state index in [1.54, 1.807) is 12.1 Å². The lowest BCUT2D eigenvalue weighted by molar-refractivity contribution is -0.141. The normalized spacial score (nSPS) is 12.6. The SMILES string of the molecule is CN(C)c1cc(-c2ccc(F)nc2F)nc(C(C)(C)c2cc([N+](C)(C)C)cc(-c3cc(C(F)(F)F)[nH]n3)n2)c1. The zero-order valence-electron chi connectivity index (χ0n) is 22.6. The van der Waals surface area contributed by atoms with Gasteiger partial charge in [-0.3, -0.25) is 14.6 Å². The molecule has 4 aromatic rings. The van der Waals surface area contributed by atoms with Crippen molar-refractivity contribution in [2.45, 2.75) is 25.4 Å². The van der Waals surface area contributed by atoms with Crippen LogP contribution >= 0.6 is 0 Å². The van der Waals surface area contributed by atoms with Gasteiger partial charge in [-0.1, -0.05) is 0 Å². The van der Waals surface area contributed by atoms with Crippen molar-refractivity contribution in [3.8, 4) is 22.6 Å². The Labute approximate surface area is 223 Å². The molecule has 0 fully saturated rings. The van der Waals surface area contributed by atoms with Gasteiger partial charge in [-0.15, -0.1) is 0 Å². The van der Waals surface area contributed by atoms with Crippen molar-refractivity contribution in [1.82, 2.24) is 29.6 Å². The number of halogens is 5. The van der Waals surface area contributed by atoms with Crippen LogP contribution in [-0.2, 0) is 11.6 Å². The Bertz CT molecular complexity index is 1520. The predicted molar refractivity (Wildman–Crippen MR) is 140 cm³/mol. The molecule has 0 atom stereocenters. The summed E-state index contributed by atoms with van der Waals surface area (Å²) in [6.45, 7) is 3.74. The van der Waals surface area contributed by atoms with Crippen LogP contribution in [-0.4, -0.2) is 60.4 Å². The van der Waals surface area contributed by atoms with E-state index < -0.39 is 29.2 Å². The minimum absolute atomic E-state index is 0.0297. The van der Waals surface area contributed by atoms with E-state index in [-0.39, 0.29) is 22.6 Å². The topological polar surface area (TPSA) is 70.6 Å². The summed E-state index contributed by atoms with van der Waals surface area (Å²) < 4.78 is 68.2. The number of H-pyrrole nitrogens is 1. The fourth-order valence-corrected chi connectivity index (χ4v) is 3.92. The first-order valence-corrected chi connectivity index (χ1v) is 12.0. The van der Waals surface area contributed by atoms with Crippen LogP contribution in [0.1, 0.15) is 30.9 Å². The Morgan fingerprint density at radius 1 is 0.795 bits per heavy atom. The summed E-state index contributed by atoms with van der Waals surface area (Å²) in [7, 11) is 9.41. The number of aromatic amines is 1. The van der Waals surface area contributed by atoms with Crippen LogP contribution in [0.3, 0.4) is 0 Å². The molecule has 12 heteroatoms. The molecule has 0 aliphatic carbocycles. The maximum atomic E-state index is 14.6. The van der Waals surface area contributed by atoms with Gasteiger partial charge in [-0.2, -0.15) is 32.0 Å².